The fourth-order valence-electron chi connectivity index (χ4n) is 8.10. The van der Waals surface area contributed by atoms with Crippen molar-refractivity contribution < 1.29 is 153 Å². The summed E-state index contributed by atoms with van der Waals surface area (Å²) in [6.45, 7) is 7.58. The van der Waals surface area contributed by atoms with Crippen molar-refractivity contribution >= 4 is 60.7 Å². The molecular formula is C53H120F12O22Si7. The monoisotopic (exact) mass is 1530 g/mol. The molecule has 0 aromatic heterocycles. The van der Waals surface area contributed by atoms with Gasteiger partial charge in [0.25, 0.3) is 0 Å². The van der Waals surface area contributed by atoms with Crippen molar-refractivity contribution in [2.75, 3.05) is 204 Å². The highest BCUT2D eigenvalue weighted by molar-refractivity contribution is 6.94. The molecule has 1 fully saturated rings. The third kappa shape index (κ3) is 62.8. The van der Waals surface area contributed by atoms with Crippen LogP contribution in [0.3, 0.4) is 0 Å². The van der Waals surface area contributed by atoms with Crippen LogP contribution in [0.5, 0.6) is 0 Å². The lowest BCUT2D eigenvalue weighted by Crippen LogP contribution is -2.67. The van der Waals surface area contributed by atoms with Crippen LogP contribution in [0.2, 0.25) is 68.5 Å². The van der Waals surface area contributed by atoms with Crippen LogP contribution >= 0.6 is 0 Å². The summed E-state index contributed by atoms with van der Waals surface area (Å²) in [5.74, 6) is 0. The van der Waals surface area contributed by atoms with Crippen molar-refractivity contribution in [3.8, 4) is 0 Å². The zero-order valence-corrected chi connectivity index (χ0v) is 65.6. The van der Waals surface area contributed by atoms with Gasteiger partial charge in [0.15, 0.2) is 20.6 Å². The second-order valence-electron chi connectivity index (χ2n) is 20.1. The maximum Gasteiger partial charge on any atom is 0.500 e. The third-order valence-electron chi connectivity index (χ3n) is 12.5. The van der Waals surface area contributed by atoms with Crippen LogP contribution in [0, 0.1) is 0 Å². The summed E-state index contributed by atoms with van der Waals surface area (Å²) >= 11 is 0. The van der Waals surface area contributed by atoms with Gasteiger partial charge >= 0.3 is 60.7 Å². The van der Waals surface area contributed by atoms with Gasteiger partial charge in [0, 0.05) is 141 Å². The van der Waals surface area contributed by atoms with E-state index in [-0.39, 0.29) is 58.9 Å². The average molecular weight is 1530 g/mol. The summed E-state index contributed by atoms with van der Waals surface area (Å²) in [6, 6.07) is 4.85. The molecule has 0 bridgehead atoms. The van der Waals surface area contributed by atoms with E-state index >= 15 is 0 Å². The Bertz CT molecular complexity index is 1350. The molecule has 0 amide bonds. The van der Waals surface area contributed by atoms with Crippen LogP contribution in [0.15, 0.2) is 0 Å². The molecule has 0 aliphatic carbocycles. The fourth-order valence-corrected chi connectivity index (χ4v) is 36.6. The minimum atomic E-state index is -2.77. The van der Waals surface area contributed by atoms with Gasteiger partial charge in [0.05, 0.1) is 59.7 Å². The molecule has 1 aliphatic rings. The first kappa shape index (κ1) is 105. The molecule has 2 unspecified atom stereocenters. The Balaban J connectivity index is -0.000000278. The number of rotatable bonds is 54. The van der Waals surface area contributed by atoms with Gasteiger partial charge in [-0.15, -0.1) is 0 Å². The molecule has 2 atom stereocenters. The highest BCUT2D eigenvalue weighted by Gasteiger charge is 2.56. The predicted octanol–water partition coefficient (Wildman–Crippen LogP) is 13.6. The standard InChI is InChI=1S/C23H51F3O7Si4.3C7H17FO4Si.3C3H6F2O/c1-6-7-20-34(2)30-35(3,21-8-14-27-17-11-24)32-37(5,23-10-16-29-19-13-26)33-36(4,31-34)22-9-15-28-18-12-25;3*1-9-13(10-2,11-3)6-4-5-12-7-8;3*4-2-1-3-6-5/h6-23H2,1-5H3;3*4-7H2,1-3H3;3*1-3H2. The van der Waals surface area contributed by atoms with Crippen LogP contribution < -0.4 is 0 Å². The van der Waals surface area contributed by atoms with Gasteiger partial charge < -0.3 is 84.7 Å². The van der Waals surface area contributed by atoms with E-state index in [9.17, 15) is 53.1 Å². The number of hydrogen-bond donors (Lipinski definition) is 0. The third-order valence-corrected chi connectivity index (χ3v) is 39.9. The molecule has 0 spiro atoms. The summed E-state index contributed by atoms with van der Waals surface area (Å²) in [5, 5.41) is 0. The van der Waals surface area contributed by atoms with Gasteiger partial charge in [-0.3, -0.25) is 13.2 Å². The van der Waals surface area contributed by atoms with Gasteiger partial charge in [0.1, 0.15) is 20.0 Å². The van der Waals surface area contributed by atoms with Gasteiger partial charge in [-0.05, 0) is 102 Å². The van der Waals surface area contributed by atoms with Crippen molar-refractivity contribution in [2.45, 2.75) is 146 Å². The number of unbranched alkanes of at least 4 members (excludes halogenated alkanes) is 1. The second kappa shape index (κ2) is 74.0. The first-order valence-electron chi connectivity index (χ1n) is 31.0. The lowest BCUT2D eigenvalue weighted by atomic mass is 10.4. The topological polar surface area (TPSA) is 203 Å². The van der Waals surface area contributed by atoms with Crippen molar-refractivity contribution in [2.24, 2.45) is 0 Å². The number of halogens is 12. The molecule has 0 saturated carbocycles. The highest BCUT2D eigenvalue weighted by atomic mass is 28.5. The van der Waals surface area contributed by atoms with E-state index in [1.165, 1.54) is 0 Å². The van der Waals surface area contributed by atoms with Crippen LogP contribution in [0.25, 0.3) is 0 Å². The number of alkyl halides is 9. The smallest absolute Gasteiger partial charge is 0.416 e. The lowest BCUT2D eigenvalue weighted by molar-refractivity contribution is -0.133. The van der Waals surface area contributed by atoms with Crippen LogP contribution in [-0.4, -0.2) is 265 Å². The second-order valence-corrected chi connectivity index (χ2v) is 43.7. The van der Waals surface area contributed by atoms with E-state index in [0.717, 1.165) is 18.9 Å². The first-order chi connectivity index (χ1) is 45.0. The molecule has 0 aromatic carbocycles. The maximum atomic E-state index is 12.5. The Labute approximate surface area is 561 Å². The summed E-state index contributed by atoms with van der Waals surface area (Å²) in [7, 11) is -4.34. The van der Waals surface area contributed by atoms with Gasteiger partial charge in [-0.1, -0.05) is 19.8 Å². The Morgan fingerprint density at radius 1 is 0.266 bits per heavy atom. The summed E-state index contributed by atoms with van der Waals surface area (Å²) in [5.41, 5.74) is 0. The largest absolute Gasteiger partial charge is 0.500 e. The quantitative estimate of drug-likeness (QED) is 0.0315. The van der Waals surface area contributed by atoms with Crippen molar-refractivity contribution in [1.82, 2.24) is 0 Å². The van der Waals surface area contributed by atoms with Crippen molar-refractivity contribution in [3.63, 3.8) is 0 Å². The van der Waals surface area contributed by atoms with Gasteiger partial charge in [-0.25, -0.2) is 26.3 Å². The van der Waals surface area contributed by atoms with Crippen LogP contribution in [-0.2, 0) is 99.5 Å². The van der Waals surface area contributed by atoms with Gasteiger partial charge in [0.2, 0.25) is 0 Å². The average Bonchev–Trinajstić information content (AvgIpc) is 0.777. The van der Waals surface area contributed by atoms with Gasteiger partial charge in [-0.2, -0.15) is 14.8 Å². The molecular weight excluding hydrogens is 1410 g/mol. The Morgan fingerprint density at radius 2 is 0.479 bits per heavy atom. The van der Waals surface area contributed by atoms with E-state index in [2.05, 4.69) is 62.1 Å². The van der Waals surface area contributed by atoms with Crippen LogP contribution in [0.4, 0.5) is 53.1 Å². The SMILES string of the molecule is CCCC[Si]1(C)O[Si](C)(CCCOCCF)O[Si](C)(CCCOCCF)O[Si](C)(CCCOCCF)O1.CO[Si](CCCOCF)(OC)OC.CO[Si](CCCOCF)(OC)OC.CO[Si](CCCOCF)(OC)OC.FCCCOF.FCCCOF.FCCCOF. The highest BCUT2D eigenvalue weighted by Crippen LogP contribution is 2.39. The first-order valence-corrected chi connectivity index (χ1v) is 46.9. The molecule has 94 heavy (non-hydrogen) atoms. The van der Waals surface area contributed by atoms with Crippen molar-refractivity contribution in [3.05, 3.63) is 0 Å². The van der Waals surface area contributed by atoms with E-state index < -0.39 is 121 Å². The van der Waals surface area contributed by atoms with Crippen LogP contribution in [0.1, 0.15) is 77.6 Å². The zero-order chi connectivity index (χ0) is 72.6. The van der Waals surface area contributed by atoms with Crippen molar-refractivity contribution in [1.29, 1.82) is 0 Å². The molecule has 0 aromatic rings. The molecule has 1 saturated heterocycles. The molecule has 1 heterocycles. The predicted molar refractivity (Wildman–Crippen MR) is 347 cm³/mol. The molecule has 576 valence electrons. The molecule has 0 radical (unpaired) electrons. The van der Waals surface area contributed by atoms with E-state index in [1.54, 1.807) is 64.0 Å². The summed E-state index contributed by atoms with van der Waals surface area (Å²) in [6.07, 6.45) is 6.62. The Kier molecular flexibility index (Phi) is 82.5. The Hall–Kier alpha value is -0.202. The lowest BCUT2D eigenvalue weighted by Gasteiger charge is -2.50. The minimum Gasteiger partial charge on any atom is -0.416 e. The number of hydrogen-bond acceptors (Lipinski definition) is 22. The zero-order valence-electron chi connectivity index (χ0n) is 58.6. The minimum absolute atomic E-state index is 0.0876. The van der Waals surface area contributed by atoms with E-state index in [1.807, 2.05) is 0 Å². The Morgan fingerprint density at radius 3 is 0.638 bits per heavy atom. The number of ether oxygens (including phenoxy) is 6. The molecule has 41 heteroatoms. The summed E-state index contributed by atoms with van der Waals surface area (Å²) < 4.78 is 241. The maximum absolute atomic E-state index is 12.5. The normalized spacial score (nSPS) is 18.8. The summed E-state index contributed by atoms with van der Waals surface area (Å²) in [4.78, 5) is 9.13. The fraction of sp³-hybridized carbons (Fsp3) is 1.00. The molecule has 1 rings (SSSR count). The molecule has 22 nitrogen and oxygen atoms in total. The van der Waals surface area contributed by atoms with E-state index in [4.69, 9.17) is 70.5 Å². The van der Waals surface area contributed by atoms with E-state index in [0.29, 0.717) is 114 Å². The molecule has 1 aliphatic heterocycles. The molecule has 0 N–H and O–H groups in total.